The van der Waals surface area contributed by atoms with Gasteiger partial charge in [-0.3, -0.25) is 0 Å². The normalized spacial score (nSPS) is 21.5. The Morgan fingerprint density at radius 2 is 1.69 bits per heavy atom. The van der Waals surface area contributed by atoms with Crippen LogP contribution < -0.4 is 4.74 Å². The van der Waals surface area contributed by atoms with Gasteiger partial charge in [0.15, 0.2) is 0 Å². The summed E-state index contributed by atoms with van der Waals surface area (Å²) < 4.78 is 8.16. The summed E-state index contributed by atoms with van der Waals surface area (Å²) in [6.45, 7) is 14.1. The molecule has 0 atom stereocenters. The van der Waals surface area contributed by atoms with E-state index in [9.17, 15) is 0 Å². The lowest BCUT2D eigenvalue weighted by atomic mass is 9.95. The number of ether oxygens (including phenoxy) is 1. The molecule has 3 nitrogen and oxygen atoms in total. The summed E-state index contributed by atoms with van der Waals surface area (Å²) in [7, 11) is 1.78. The lowest BCUT2D eigenvalue weighted by Crippen LogP contribution is -2.46. The molecule has 2 heterocycles. The summed E-state index contributed by atoms with van der Waals surface area (Å²) in [4.78, 5) is 4.15. The first-order valence-corrected chi connectivity index (χ1v) is 11.1. The predicted octanol–water partition coefficient (Wildman–Crippen LogP) is 5.33. The van der Waals surface area contributed by atoms with Crippen molar-refractivity contribution in [1.82, 2.24) is 9.21 Å². The van der Waals surface area contributed by atoms with E-state index in [1.807, 2.05) is 11.9 Å². The van der Waals surface area contributed by atoms with Gasteiger partial charge in [-0.25, -0.2) is 4.31 Å². The summed E-state index contributed by atoms with van der Waals surface area (Å²) in [5.41, 5.74) is 2.64. The molecule has 0 spiro atoms. The fraction of sp³-hybridized carbons (Fsp3) is 0.727. The van der Waals surface area contributed by atoms with Gasteiger partial charge in [-0.05, 0) is 92.7 Å². The van der Waals surface area contributed by atoms with E-state index in [-0.39, 0.29) is 0 Å². The number of likely N-dealkylation sites (tertiary alicyclic amines) is 1. The van der Waals surface area contributed by atoms with Crippen LogP contribution in [0.4, 0.5) is 0 Å². The first-order valence-electron chi connectivity index (χ1n) is 10.3. The standard InChI is InChI=1S/C22H36N2OS/c1-16(2)20-15-22(18(4)14-21(20)25-5)26-24-12-8-19(9-13-24)23-10-6-17(3)7-11-23/h14-17,19H,6-13H2,1-5H3. The van der Waals surface area contributed by atoms with Gasteiger partial charge in [-0.15, -0.1) is 0 Å². The number of rotatable bonds is 5. The third kappa shape index (κ3) is 4.76. The first kappa shape index (κ1) is 20.0. The van der Waals surface area contributed by atoms with Crippen LogP contribution in [0.3, 0.4) is 0 Å². The summed E-state index contributed by atoms with van der Waals surface area (Å²) >= 11 is 1.95. The van der Waals surface area contributed by atoms with E-state index < -0.39 is 0 Å². The van der Waals surface area contributed by atoms with Crippen LogP contribution in [0.1, 0.15) is 63.5 Å². The Morgan fingerprint density at radius 3 is 2.27 bits per heavy atom. The van der Waals surface area contributed by atoms with Crippen molar-refractivity contribution in [2.24, 2.45) is 5.92 Å². The first-order chi connectivity index (χ1) is 12.5. The molecule has 0 aromatic heterocycles. The maximum atomic E-state index is 5.59. The zero-order chi connectivity index (χ0) is 18.7. The average Bonchev–Trinajstić information content (AvgIpc) is 2.64. The molecule has 0 bridgehead atoms. The molecule has 0 amide bonds. The van der Waals surface area contributed by atoms with E-state index in [0.717, 1.165) is 17.7 Å². The average molecular weight is 377 g/mol. The van der Waals surface area contributed by atoms with Gasteiger partial charge in [0.25, 0.3) is 0 Å². The molecule has 1 aromatic rings. The Labute approximate surface area is 164 Å². The van der Waals surface area contributed by atoms with Crippen molar-refractivity contribution in [1.29, 1.82) is 0 Å². The maximum absolute atomic E-state index is 5.59. The fourth-order valence-electron chi connectivity index (χ4n) is 4.24. The molecule has 26 heavy (non-hydrogen) atoms. The molecule has 4 heteroatoms. The fourth-order valence-corrected chi connectivity index (χ4v) is 5.29. The van der Waals surface area contributed by atoms with Crippen LogP contribution in [0.25, 0.3) is 0 Å². The number of aryl methyl sites for hydroxylation is 1. The lowest BCUT2D eigenvalue weighted by Gasteiger charge is -2.41. The van der Waals surface area contributed by atoms with Crippen molar-refractivity contribution in [3.05, 3.63) is 23.3 Å². The SMILES string of the molecule is COc1cc(C)c(SN2CCC(N3CCC(C)CC3)CC2)cc1C(C)C. The molecular weight excluding hydrogens is 340 g/mol. The van der Waals surface area contributed by atoms with E-state index in [2.05, 4.69) is 49.0 Å². The van der Waals surface area contributed by atoms with Crippen molar-refractivity contribution in [3.63, 3.8) is 0 Å². The van der Waals surface area contributed by atoms with Gasteiger partial charge in [-0.2, -0.15) is 0 Å². The highest BCUT2D eigenvalue weighted by atomic mass is 32.2. The van der Waals surface area contributed by atoms with Crippen LogP contribution in [0, 0.1) is 12.8 Å². The second-order valence-corrected chi connectivity index (χ2v) is 9.62. The van der Waals surface area contributed by atoms with Gasteiger partial charge < -0.3 is 9.64 Å². The highest BCUT2D eigenvalue weighted by Gasteiger charge is 2.27. The number of nitrogens with zero attached hydrogens (tertiary/aromatic N) is 2. The quantitative estimate of drug-likeness (QED) is 0.645. The largest absolute Gasteiger partial charge is 0.496 e. The highest BCUT2D eigenvalue weighted by Crippen LogP contribution is 2.36. The molecule has 0 aliphatic carbocycles. The highest BCUT2D eigenvalue weighted by molar-refractivity contribution is 7.97. The minimum Gasteiger partial charge on any atom is -0.496 e. The molecule has 2 aliphatic rings. The van der Waals surface area contributed by atoms with Gasteiger partial charge in [0.05, 0.1) is 7.11 Å². The molecule has 2 saturated heterocycles. The molecule has 2 aliphatic heterocycles. The van der Waals surface area contributed by atoms with E-state index in [1.54, 1.807) is 7.11 Å². The van der Waals surface area contributed by atoms with E-state index in [4.69, 9.17) is 4.74 Å². The summed E-state index contributed by atoms with van der Waals surface area (Å²) in [6, 6.07) is 5.36. The zero-order valence-corrected chi connectivity index (χ0v) is 18.1. The van der Waals surface area contributed by atoms with Crippen molar-refractivity contribution in [2.75, 3.05) is 33.3 Å². The van der Waals surface area contributed by atoms with Gasteiger partial charge in [-0.1, -0.05) is 20.8 Å². The topological polar surface area (TPSA) is 15.7 Å². The predicted molar refractivity (Wildman–Crippen MR) is 112 cm³/mol. The smallest absolute Gasteiger partial charge is 0.122 e. The van der Waals surface area contributed by atoms with E-state index in [0.29, 0.717) is 5.92 Å². The summed E-state index contributed by atoms with van der Waals surface area (Å²) in [5.74, 6) is 2.44. The Morgan fingerprint density at radius 1 is 1.04 bits per heavy atom. The van der Waals surface area contributed by atoms with Gasteiger partial charge in [0, 0.05) is 24.0 Å². The lowest BCUT2D eigenvalue weighted by molar-refractivity contribution is 0.103. The van der Waals surface area contributed by atoms with Crippen LogP contribution in [-0.4, -0.2) is 48.5 Å². The third-order valence-corrected chi connectivity index (χ3v) is 7.39. The second kappa shape index (κ2) is 8.99. The van der Waals surface area contributed by atoms with Crippen molar-refractivity contribution in [3.8, 4) is 5.75 Å². The van der Waals surface area contributed by atoms with Crippen LogP contribution in [-0.2, 0) is 0 Å². The minimum atomic E-state index is 0.483. The molecule has 146 valence electrons. The summed E-state index contributed by atoms with van der Waals surface area (Å²) in [5, 5.41) is 0. The molecule has 0 radical (unpaired) electrons. The van der Waals surface area contributed by atoms with Gasteiger partial charge in [0.1, 0.15) is 5.75 Å². The van der Waals surface area contributed by atoms with Crippen molar-refractivity contribution in [2.45, 2.75) is 70.2 Å². The van der Waals surface area contributed by atoms with E-state index >= 15 is 0 Å². The Balaban J connectivity index is 1.58. The zero-order valence-electron chi connectivity index (χ0n) is 17.3. The van der Waals surface area contributed by atoms with Crippen LogP contribution >= 0.6 is 11.9 Å². The minimum absolute atomic E-state index is 0.483. The maximum Gasteiger partial charge on any atom is 0.122 e. The van der Waals surface area contributed by atoms with Crippen molar-refractivity contribution >= 4 is 11.9 Å². The van der Waals surface area contributed by atoms with Crippen LogP contribution in [0.15, 0.2) is 17.0 Å². The van der Waals surface area contributed by atoms with E-state index in [1.165, 1.54) is 67.9 Å². The molecule has 0 unspecified atom stereocenters. The summed E-state index contributed by atoms with van der Waals surface area (Å²) in [6.07, 6.45) is 5.40. The molecule has 0 N–H and O–H groups in total. The van der Waals surface area contributed by atoms with Crippen LogP contribution in [0.2, 0.25) is 0 Å². The third-order valence-electron chi connectivity index (χ3n) is 6.13. The number of methoxy groups -OCH3 is 1. The molecular formula is C22H36N2OS. The molecule has 3 rings (SSSR count). The van der Waals surface area contributed by atoms with Gasteiger partial charge in [0.2, 0.25) is 0 Å². The number of piperidine rings is 2. The monoisotopic (exact) mass is 376 g/mol. The van der Waals surface area contributed by atoms with Crippen molar-refractivity contribution < 1.29 is 4.74 Å². The van der Waals surface area contributed by atoms with Gasteiger partial charge >= 0.3 is 0 Å². The molecule has 1 aromatic carbocycles. The van der Waals surface area contributed by atoms with Crippen LogP contribution in [0.5, 0.6) is 5.75 Å². The second-order valence-electron chi connectivity index (χ2n) is 8.48. The molecule has 2 fully saturated rings. The Kier molecular flexibility index (Phi) is 6.92. The molecule has 0 saturated carbocycles. The number of hydrogen-bond acceptors (Lipinski definition) is 4. The Hall–Kier alpha value is -0.710. The number of hydrogen-bond donors (Lipinski definition) is 0. The Bertz CT molecular complexity index is 588. The number of benzene rings is 1.